The van der Waals surface area contributed by atoms with Crippen LogP contribution in [0.25, 0.3) is 10.9 Å². The number of carbonyl (C=O) groups excluding carboxylic acids is 1. The minimum Gasteiger partial charge on any atom is -0.373 e. The maximum absolute atomic E-state index is 12.8. The number of rotatable bonds is 4. The number of para-hydroxylation sites is 1. The standard InChI is InChI=1S/C20H27N3O3/c1-13-10-23(11-14(2)26-13)20(3,4)12-21-19(25)16-9-18(24)22-17-8-6-5-7-15(16)17/h5-9,13-14H,10-12H2,1-4H3,(H,21,25)(H,22,24)/t13-,14-/m1/s1. The molecule has 26 heavy (non-hydrogen) atoms. The van der Waals surface area contributed by atoms with E-state index in [4.69, 9.17) is 4.74 Å². The van der Waals surface area contributed by atoms with Crippen molar-refractivity contribution in [2.24, 2.45) is 0 Å². The van der Waals surface area contributed by atoms with Gasteiger partial charge in [0.05, 0.1) is 17.8 Å². The molecule has 1 aliphatic heterocycles. The van der Waals surface area contributed by atoms with Crippen LogP contribution in [-0.4, -0.2) is 53.2 Å². The zero-order valence-corrected chi connectivity index (χ0v) is 15.8. The molecule has 0 radical (unpaired) electrons. The third-order valence-electron chi connectivity index (χ3n) is 4.95. The Morgan fingerprint density at radius 3 is 2.62 bits per heavy atom. The van der Waals surface area contributed by atoms with E-state index in [1.807, 2.05) is 18.2 Å². The molecule has 1 amide bonds. The van der Waals surface area contributed by atoms with Crippen LogP contribution < -0.4 is 10.9 Å². The van der Waals surface area contributed by atoms with Crippen LogP contribution in [0, 0.1) is 0 Å². The van der Waals surface area contributed by atoms with Crippen molar-refractivity contribution in [1.82, 2.24) is 15.2 Å². The third-order valence-corrected chi connectivity index (χ3v) is 4.95. The van der Waals surface area contributed by atoms with Gasteiger partial charge in [-0.25, -0.2) is 0 Å². The van der Waals surface area contributed by atoms with E-state index in [9.17, 15) is 9.59 Å². The van der Waals surface area contributed by atoms with Gasteiger partial charge in [-0.2, -0.15) is 0 Å². The summed E-state index contributed by atoms with van der Waals surface area (Å²) >= 11 is 0. The van der Waals surface area contributed by atoms with Gasteiger partial charge in [-0.15, -0.1) is 0 Å². The highest BCUT2D eigenvalue weighted by Crippen LogP contribution is 2.21. The largest absolute Gasteiger partial charge is 0.373 e. The Labute approximate surface area is 153 Å². The van der Waals surface area contributed by atoms with Crippen LogP contribution in [0.5, 0.6) is 0 Å². The van der Waals surface area contributed by atoms with Crippen molar-refractivity contribution in [2.75, 3.05) is 19.6 Å². The summed E-state index contributed by atoms with van der Waals surface area (Å²) < 4.78 is 5.80. The number of ether oxygens (including phenoxy) is 1. The number of benzene rings is 1. The van der Waals surface area contributed by atoms with Gasteiger partial charge in [0.2, 0.25) is 5.56 Å². The molecule has 3 rings (SSSR count). The summed E-state index contributed by atoms with van der Waals surface area (Å²) in [5.41, 5.74) is 0.590. The first kappa shape index (κ1) is 18.6. The average molecular weight is 357 g/mol. The lowest BCUT2D eigenvalue weighted by Gasteiger charge is -2.45. The molecule has 0 spiro atoms. The summed E-state index contributed by atoms with van der Waals surface area (Å²) in [6.45, 7) is 10.5. The molecule has 0 saturated carbocycles. The number of amides is 1. The van der Waals surface area contributed by atoms with Crippen LogP contribution >= 0.6 is 0 Å². The number of carbonyl (C=O) groups is 1. The molecule has 2 atom stereocenters. The van der Waals surface area contributed by atoms with Gasteiger partial charge in [0.15, 0.2) is 0 Å². The number of H-pyrrole nitrogens is 1. The summed E-state index contributed by atoms with van der Waals surface area (Å²) in [6.07, 6.45) is 0.343. The van der Waals surface area contributed by atoms with Crippen molar-refractivity contribution in [1.29, 1.82) is 0 Å². The smallest absolute Gasteiger partial charge is 0.252 e. The number of fused-ring (bicyclic) bond motifs is 1. The van der Waals surface area contributed by atoms with Crippen molar-refractivity contribution >= 4 is 16.8 Å². The molecule has 1 saturated heterocycles. The van der Waals surface area contributed by atoms with E-state index >= 15 is 0 Å². The summed E-state index contributed by atoms with van der Waals surface area (Å²) in [6, 6.07) is 8.70. The Morgan fingerprint density at radius 1 is 1.27 bits per heavy atom. The fourth-order valence-electron chi connectivity index (χ4n) is 3.57. The van der Waals surface area contributed by atoms with Crippen molar-refractivity contribution in [3.63, 3.8) is 0 Å². The summed E-state index contributed by atoms with van der Waals surface area (Å²) in [7, 11) is 0. The van der Waals surface area contributed by atoms with Crippen molar-refractivity contribution < 1.29 is 9.53 Å². The number of hydrogen-bond donors (Lipinski definition) is 2. The lowest BCUT2D eigenvalue weighted by Crippen LogP contribution is -2.58. The Kier molecular flexibility index (Phi) is 5.16. The van der Waals surface area contributed by atoms with E-state index in [2.05, 4.69) is 42.9 Å². The molecule has 2 aromatic rings. The molecular weight excluding hydrogens is 330 g/mol. The zero-order chi connectivity index (χ0) is 18.9. The topological polar surface area (TPSA) is 74.4 Å². The molecule has 6 heteroatoms. The molecule has 6 nitrogen and oxygen atoms in total. The van der Waals surface area contributed by atoms with Gasteiger partial charge in [0.25, 0.3) is 5.91 Å². The van der Waals surface area contributed by atoms with Gasteiger partial charge in [-0.05, 0) is 33.8 Å². The zero-order valence-electron chi connectivity index (χ0n) is 15.8. The maximum Gasteiger partial charge on any atom is 0.252 e. The van der Waals surface area contributed by atoms with Crippen LogP contribution in [0.15, 0.2) is 35.1 Å². The first-order valence-corrected chi connectivity index (χ1v) is 9.07. The molecule has 1 aliphatic rings. The molecule has 2 heterocycles. The maximum atomic E-state index is 12.8. The quantitative estimate of drug-likeness (QED) is 0.879. The SMILES string of the molecule is C[C@@H]1CN(C(C)(C)CNC(=O)c2cc(=O)[nH]c3ccccc23)C[C@@H](C)O1. The minimum absolute atomic E-state index is 0.172. The van der Waals surface area contributed by atoms with E-state index in [0.717, 1.165) is 18.5 Å². The molecule has 0 unspecified atom stereocenters. The molecule has 1 aromatic carbocycles. The Hall–Kier alpha value is -2.18. The second-order valence-corrected chi connectivity index (χ2v) is 7.75. The number of nitrogens with one attached hydrogen (secondary N) is 2. The van der Waals surface area contributed by atoms with Crippen LogP contribution in [-0.2, 0) is 4.74 Å². The van der Waals surface area contributed by atoms with Crippen LogP contribution in [0.1, 0.15) is 38.1 Å². The van der Waals surface area contributed by atoms with Gasteiger partial charge in [-0.1, -0.05) is 18.2 Å². The van der Waals surface area contributed by atoms with Crippen LogP contribution in [0.4, 0.5) is 0 Å². The number of pyridine rings is 1. The van der Waals surface area contributed by atoms with Crippen molar-refractivity contribution in [3.05, 3.63) is 46.2 Å². The minimum atomic E-state index is -0.274. The fourth-order valence-corrected chi connectivity index (χ4v) is 3.57. The van der Waals surface area contributed by atoms with E-state index in [-0.39, 0.29) is 29.2 Å². The number of aromatic amines is 1. The highest BCUT2D eigenvalue weighted by Gasteiger charge is 2.33. The highest BCUT2D eigenvalue weighted by atomic mass is 16.5. The molecule has 140 valence electrons. The normalized spacial score (nSPS) is 21.7. The van der Waals surface area contributed by atoms with Crippen LogP contribution in [0.3, 0.4) is 0 Å². The van der Waals surface area contributed by atoms with Gasteiger partial charge in [0.1, 0.15) is 0 Å². The van der Waals surface area contributed by atoms with Gasteiger partial charge >= 0.3 is 0 Å². The molecule has 0 aliphatic carbocycles. The van der Waals surface area contributed by atoms with Gasteiger partial charge in [-0.3, -0.25) is 14.5 Å². The van der Waals surface area contributed by atoms with E-state index in [0.29, 0.717) is 17.6 Å². The number of aromatic nitrogens is 1. The third kappa shape index (κ3) is 3.97. The van der Waals surface area contributed by atoms with Crippen molar-refractivity contribution in [2.45, 2.75) is 45.4 Å². The second-order valence-electron chi connectivity index (χ2n) is 7.75. The summed E-state index contributed by atoms with van der Waals surface area (Å²) in [5, 5.41) is 3.76. The lowest BCUT2D eigenvalue weighted by atomic mass is 9.99. The van der Waals surface area contributed by atoms with E-state index in [1.165, 1.54) is 6.07 Å². The second kappa shape index (κ2) is 7.21. The molecule has 2 N–H and O–H groups in total. The molecular formula is C20H27N3O3. The summed E-state index contributed by atoms with van der Waals surface area (Å²) in [5.74, 6) is -0.227. The predicted molar refractivity (Wildman–Crippen MR) is 103 cm³/mol. The average Bonchev–Trinajstić information content (AvgIpc) is 2.58. The number of nitrogens with zero attached hydrogens (tertiary/aromatic N) is 1. The Bertz CT molecular complexity index is 849. The van der Waals surface area contributed by atoms with Gasteiger partial charge in [0, 0.05) is 42.1 Å². The summed E-state index contributed by atoms with van der Waals surface area (Å²) in [4.78, 5) is 29.7. The molecule has 1 fully saturated rings. The number of hydrogen-bond acceptors (Lipinski definition) is 4. The lowest BCUT2D eigenvalue weighted by molar-refractivity contribution is -0.0948. The van der Waals surface area contributed by atoms with E-state index in [1.54, 1.807) is 6.07 Å². The van der Waals surface area contributed by atoms with E-state index < -0.39 is 0 Å². The van der Waals surface area contributed by atoms with Crippen molar-refractivity contribution in [3.8, 4) is 0 Å². The Balaban J connectivity index is 1.75. The predicted octanol–water partition coefficient (Wildman–Crippen LogP) is 2.15. The number of morpholine rings is 1. The first-order valence-electron chi connectivity index (χ1n) is 9.07. The van der Waals surface area contributed by atoms with Gasteiger partial charge < -0.3 is 15.0 Å². The monoisotopic (exact) mass is 357 g/mol. The Morgan fingerprint density at radius 2 is 1.92 bits per heavy atom. The first-order chi connectivity index (χ1) is 12.3. The fraction of sp³-hybridized carbons (Fsp3) is 0.500. The molecule has 0 bridgehead atoms. The van der Waals surface area contributed by atoms with Crippen LogP contribution in [0.2, 0.25) is 0 Å². The highest BCUT2D eigenvalue weighted by molar-refractivity contribution is 6.05. The molecule has 1 aromatic heterocycles.